The molecule has 0 saturated carbocycles. The first-order valence-corrected chi connectivity index (χ1v) is 14.7. The average Bonchev–Trinajstić information content (AvgIpc) is 2.94. The van der Waals surface area contributed by atoms with Gasteiger partial charge >= 0.3 is 12.6 Å². The monoisotopic (exact) mass is 622 g/mol. The van der Waals surface area contributed by atoms with E-state index in [2.05, 4.69) is 9.72 Å². The van der Waals surface area contributed by atoms with Crippen LogP contribution in [0.15, 0.2) is 53.6 Å². The number of fused-ring (bicyclic) bond motifs is 3. The fraction of sp³-hybridized carbons (Fsp3) is 0.357. The van der Waals surface area contributed by atoms with E-state index >= 15 is 0 Å². The van der Waals surface area contributed by atoms with Crippen molar-refractivity contribution in [3.63, 3.8) is 0 Å². The summed E-state index contributed by atoms with van der Waals surface area (Å²) in [5, 5.41) is 18.6. The van der Waals surface area contributed by atoms with Crippen molar-refractivity contribution in [3.05, 3.63) is 60.0 Å². The summed E-state index contributed by atoms with van der Waals surface area (Å²) in [6, 6.07) is 9.00. The molecule has 1 atom stereocenters. The molecule has 0 aliphatic carbocycles. The number of halogens is 3. The number of nitrogens with zero attached hydrogens (tertiary/aromatic N) is 4. The second-order valence-electron chi connectivity index (χ2n) is 10.2. The maximum absolute atomic E-state index is 14.4. The number of anilines is 2. The number of ether oxygens (including phenoxy) is 2. The first kappa shape index (κ1) is 30.4. The Bertz CT molecular complexity index is 1630. The van der Waals surface area contributed by atoms with E-state index in [0.29, 0.717) is 29.9 Å². The van der Waals surface area contributed by atoms with Crippen molar-refractivity contribution >= 4 is 27.4 Å². The number of aromatic nitrogens is 1. The molecule has 1 aromatic heterocycles. The number of carboxylic acids is 1. The van der Waals surface area contributed by atoms with Gasteiger partial charge in [0, 0.05) is 31.9 Å². The van der Waals surface area contributed by atoms with Gasteiger partial charge in [-0.25, -0.2) is 17.8 Å². The normalized spacial score (nSPS) is 17.0. The molecule has 3 heterocycles. The van der Waals surface area contributed by atoms with Crippen LogP contribution in [0.4, 0.5) is 24.5 Å². The first-order valence-electron chi connectivity index (χ1n) is 13.3. The number of hydrogen-bond donors (Lipinski definition) is 2. The summed E-state index contributed by atoms with van der Waals surface area (Å²) in [5.74, 6) is -2.41. The lowest BCUT2D eigenvalue weighted by atomic mass is 10.00. The number of pyridine rings is 1. The number of aryl methyl sites for hydroxylation is 1. The molecule has 0 radical (unpaired) electrons. The summed E-state index contributed by atoms with van der Waals surface area (Å²) in [7, 11) is -4.38. The highest BCUT2D eigenvalue weighted by Crippen LogP contribution is 2.43. The summed E-state index contributed by atoms with van der Waals surface area (Å²) in [4.78, 5) is 19.0. The molecule has 1 saturated heterocycles. The number of aliphatic hydroxyl groups is 1. The van der Waals surface area contributed by atoms with Crippen molar-refractivity contribution in [1.29, 1.82) is 0 Å². The molecule has 0 unspecified atom stereocenters. The topological polar surface area (TPSA) is 133 Å². The molecule has 15 heteroatoms. The molecule has 11 nitrogen and oxygen atoms in total. The van der Waals surface area contributed by atoms with Crippen molar-refractivity contribution < 1.29 is 46.1 Å². The maximum Gasteiger partial charge on any atom is 0.387 e. The van der Waals surface area contributed by atoms with E-state index in [9.17, 15) is 36.6 Å². The maximum atomic E-state index is 14.4. The SMILES string of the molecule is Cc1cnc(OCCO)c(S(=O)(=O)N2C[C@@H]3CN(CC(=O)O)CCN3c3ccc(-c4cc(F)cc(OC(F)F)c4)cc32)c1. The fourth-order valence-corrected chi connectivity index (χ4v) is 7.05. The van der Waals surface area contributed by atoms with Gasteiger partial charge in [-0.05, 0) is 53.9 Å². The Morgan fingerprint density at radius 3 is 2.60 bits per heavy atom. The van der Waals surface area contributed by atoms with E-state index in [0.717, 1.165) is 12.1 Å². The van der Waals surface area contributed by atoms with Crippen LogP contribution >= 0.6 is 0 Å². The summed E-state index contributed by atoms with van der Waals surface area (Å²) in [5.41, 5.74) is 1.86. The largest absolute Gasteiger partial charge is 0.480 e. The van der Waals surface area contributed by atoms with Gasteiger partial charge in [-0.3, -0.25) is 14.0 Å². The second kappa shape index (κ2) is 12.3. The highest BCUT2D eigenvalue weighted by atomic mass is 32.2. The van der Waals surface area contributed by atoms with E-state index in [1.807, 2.05) is 4.90 Å². The zero-order valence-corrected chi connectivity index (χ0v) is 23.8. The number of hydrogen-bond acceptors (Lipinski definition) is 9. The molecular weight excluding hydrogens is 593 g/mol. The second-order valence-corrected chi connectivity index (χ2v) is 12.0. The van der Waals surface area contributed by atoms with Gasteiger partial charge < -0.3 is 24.6 Å². The quantitative estimate of drug-likeness (QED) is 0.348. The predicted octanol–water partition coefficient (Wildman–Crippen LogP) is 2.95. The minimum absolute atomic E-state index is 0.0643. The molecule has 0 amide bonds. The van der Waals surface area contributed by atoms with Crippen molar-refractivity contribution in [2.75, 3.05) is 55.1 Å². The molecule has 2 aromatic carbocycles. The summed E-state index contributed by atoms with van der Waals surface area (Å²) in [6.45, 7) is -1.21. The molecule has 1 fully saturated rings. The Balaban J connectivity index is 1.63. The number of alkyl halides is 2. The first-order chi connectivity index (χ1) is 20.5. The third kappa shape index (κ3) is 6.48. The zero-order chi connectivity index (χ0) is 30.9. The predicted molar refractivity (Wildman–Crippen MR) is 150 cm³/mol. The molecule has 0 spiro atoms. The van der Waals surface area contributed by atoms with Crippen molar-refractivity contribution in [3.8, 4) is 22.8 Å². The Hall–Kier alpha value is -4.08. The Morgan fingerprint density at radius 2 is 1.88 bits per heavy atom. The Morgan fingerprint density at radius 1 is 1.09 bits per heavy atom. The number of aliphatic hydroxyl groups excluding tert-OH is 1. The van der Waals surface area contributed by atoms with E-state index in [1.54, 1.807) is 24.0 Å². The van der Waals surface area contributed by atoms with Crippen molar-refractivity contribution in [2.45, 2.75) is 24.5 Å². The van der Waals surface area contributed by atoms with Gasteiger partial charge in [0.1, 0.15) is 23.1 Å². The fourth-order valence-electron chi connectivity index (χ4n) is 5.38. The molecule has 2 aliphatic heterocycles. The lowest BCUT2D eigenvalue weighted by Crippen LogP contribution is -2.61. The van der Waals surface area contributed by atoms with Crippen molar-refractivity contribution in [1.82, 2.24) is 9.88 Å². The van der Waals surface area contributed by atoms with Gasteiger partial charge in [-0.15, -0.1) is 0 Å². The minimum atomic E-state index is -4.38. The Labute approximate surface area is 245 Å². The van der Waals surface area contributed by atoms with Crippen molar-refractivity contribution in [2.24, 2.45) is 0 Å². The van der Waals surface area contributed by atoms with Crippen LogP contribution in [0.25, 0.3) is 11.1 Å². The van der Waals surface area contributed by atoms with E-state index < -0.39 is 40.2 Å². The van der Waals surface area contributed by atoms with Gasteiger partial charge in [-0.1, -0.05) is 6.07 Å². The lowest BCUT2D eigenvalue weighted by molar-refractivity contribution is -0.138. The van der Waals surface area contributed by atoms with Crippen LogP contribution in [0.2, 0.25) is 0 Å². The number of rotatable bonds is 10. The van der Waals surface area contributed by atoms with E-state index in [4.69, 9.17) is 4.74 Å². The van der Waals surface area contributed by atoms with Gasteiger partial charge in [0.25, 0.3) is 10.0 Å². The van der Waals surface area contributed by atoms with Gasteiger partial charge in [0.15, 0.2) is 0 Å². The molecule has 2 N–H and O–H groups in total. The van der Waals surface area contributed by atoms with Crippen LogP contribution in [0.1, 0.15) is 5.56 Å². The number of carboxylic acid groups (broad SMARTS) is 1. The van der Waals surface area contributed by atoms with Crippen LogP contribution in [0.5, 0.6) is 11.6 Å². The van der Waals surface area contributed by atoms with Crippen LogP contribution in [0, 0.1) is 12.7 Å². The summed E-state index contributed by atoms with van der Waals surface area (Å²) >= 11 is 0. The number of sulfonamides is 1. The van der Waals surface area contributed by atoms with E-state index in [1.165, 1.54) is 28.7 Å². The van der Waals surface area contributed by atoms with Crippen LogP contribution in [-0.2, 0) is 14.8 Å². The smallest absolute Gasteiger partial charge is 0.387 e. The number of benzene rings is 2. The summed E-state index contributed by atoms with van der Waals surface area (Å²) < 4.78 is 79.8. The molecule has 5 rings (SSSR count). The molecular formula is C28H29F3N4O7S. The third-order valence-electron chi connectivity index (χ3n) is 7.14. The number of piperazine rings is 1. The highest BCUT2D eigenvalue weighted by Gasteiger charge is 2.41. The molecule has 230 valence electrons. The molecule has 0 bridgehead atoms. The number of aliphatic carboxylic acids is 1. The molecule has 2 aliphatic rings. The minimum Gasteiger partial charge on any atom is -0.480 e. The van der Waals surface area contributed by atoms with Crippen LogP contribution in [-0.4, -0.2) is 93.1 Å². The zero-order valence-electron chi connectivity index (χ0n) is 23.0. The van der Waals surface area contributed by atoms with E-state index in [-0.39, 0.29) is 54.9 Å². The molecule has 3 aromatic rings. The van der Waals surface area contributed by atoms with Gasteiger partial charge in [-0.2, -0.15) is 8.78 Å². The lowest BCUT2D eigenvalue weighted by Gasteiger charge is -2.49. The average molecular weight is 623 g/mol. The Kier molecular flexibility index (Phi) is 8.66. The molecule has 43 heavy (non-hydrogen) atoms. The summed E-state index contributed by atoms with van der Waals surface area (Å²) in [6.07, 6.45) is 1.43. The standard InChI is InChI=1S/C28H29F3N4O7S/c1-17-8-25(27(32-13-17)41-7-6-36)43(39,40)35-15-21-14-33(16-26(37)38)4-5-34(21)23-3-2-18(11-24(23)35)19-9-20(29)12-22(10-19)42-28(30)31/h2-3,8-13,21,28,36H,4-7,14-16H2,1H3,(H,37,38)/t21-/m0/s1. The highest BCUT2D eigenvalue weighted by molar-refractivity contribution is 7.93. The van der Waals surface area contributed by atoms with Crippen LogP contribution in [0.3, 0.4) is 0 Å². The van der Waals surface area contributed by atoms with Gasteiger partial charge in [0.2, 0.25) is 5.88 Å². The number of carbonyl (C=O) groups is 1. The van der Waals surface area contributed by atoms with Crippen LogP contribution < -0.4 is 18.7 Å². The third-order valence-corrected chi connectivity index (χ3v) is 8.91. The van der Waals surface area contributed by atoms with Gasteiger partial charge in [0.05, 0.1) is 37.1 Å².